The summed E-state index contributed by atoms with van der Waals surface area (Å²) in [4.78, 5) is 32.0. The quantitative estimate of drug-likeness (QED) is 0.0645. The zero-order valence-corrected chi connectivity index (χ0v) is 47.6. The number of rotatable bonds is 19. The van der Waals surface area contributed by atoms with E-state index >= 15 is 0 Å². The average molecular weight is 1160 g/mol. The molecule has 8 aromatic rings. The predicted molar refractivity (Wildman–Crippen MR) is 307 cm³/mol. The molecule has 23 nitrogen and oxygen atoms in total. The number of nitrogens with two attached hydrogens (primary N) is 1. The van der Waals surface area contributed by atoms with Crippen molar-refractivity contribution in [2.24, 2.45) is 0 Å². The molecule has 5 N–H and O–H groups in total. The molecule has 0 spiro atoms. The fourth-order valence-corrected chi connectivity index (χ4v) is 11.6. The van der Waals surface area contributed by atoms with Gasteiger partial charge in [0.2, 0.25) is 20.5 Å². The fourth-order valence-electron chi connectivity index (χ4n) is 9.32. The summed E-state index contributed by atoms with van der Waals surface area (Å²) in [5, 5.41) is 63.0. The highest BCUT2D eigenvalue weighted by molar-refractivity contribution is 7.18. The Hall–Kier alpha value is -7.92. The van der Waals surface area contributed by atoms with Gasteiger partial charge < -0.3 is 45.9 Å². The van der Waals surface area contributed by atoms with E-state index in [4.69, 9.17) is 15.2 Å². The van der Waals surface area contributed by atoms with E-state index in [-0.39, 0.29) is 48.1 Å². The molecule has 3 fully saturated rings. The van der Waals surface area contributed by atoms with E-state index in [0.29, 0.717) is 42.6 Å². The molecule has 6 aromatic heterocycles. The van der Waals surface area contributed by atoms with Gasteiger partial charge in [0, 0.05) is 71.6 Å². The zero-order chi connectivity index (χ0) is 56.8. The van der Waals surface area contributed by atoms with E-state index in [0.717, 1.165) is 97.8 Å². The lowest BCUT2D eigenvalue weighted by atomic mass is 10.0. The number of nitrogens with one attached hydrogen (secondary N) is 3. The number of halogens is 2. The van der Waals surface area contributed by atoms with Crippen molar-refractivity contribution in [3.8, 4) is 0 Å². The number of ether oxygens (including phenoxy) is 2. The number of methoxy groups -OCH3 is 2. The first-order chi connectivity index (χ1) is 39.2. The van der Waals surface area contributed by atoms with Crippen LogP contribution in [0.1, 0.15) is 69.3 Å². The maximum atomic E-state index is 13.2. The van der Waals surface area contributed by atoms with Crippen molar-refractivity contribution < 1.29 is 27.8 Å². The fraction of sp³-hybridized carbons (Fsp3) is 0.396. The maximum absolute atomic E-state index is 13.2. The molecule has 424 valence electrons. The number of nitrogen functional groups attached to an aromatic ring is 1. The molecule has 0 unspecified atom stereocenters. The second-order valence-corrected chi connectivity index (χ2v) is 22.7. The SMILES string of the molecule is CO[C@@H](C(=O)Cc1nnc(N[C@@H]2CCN(c3cc(C)cnn3)C2)s1)c1ccc(F)cc1.CO[C@H](C(=O)Cc1nnc(N[C@@H]2CCN(c3cc(C)cnn3)C2)s1)c1ccc(F)cc1.Cc1cnnc(N2CC[C@@H](Nc3nnc(N)s3)C2)c1. The Bertz CT molecular complexity index is 3170. The van der Waals surface area contributed by atoms with Gasteiger partial charge in [0.15, 0.2) is 29.0 Å². The second kappa shape index (κ2) is 27.5. The van der Waals surface area contributed by atoms with Crippen LogP contribution in [0.15, 0.2) is 85.3 Å². The van der Waals surface area contributed by atoms with E-state index < -0.39 is 12.2 Å². The van der Waals surface area contributed by atoms with Gasteiger partial charge in [-0.05, 0) is 110 Å². The van der Waals surface area contributed by atoms with Crippen molar-refractivity contribution in [1.82, 2.24) is 61.2 Å². The van der Waals surface area contributed by atoms with Crippen molar-refractivity contribution >= 4 is 83.6 Å². The third kappa shape index (κ3) is 16.1. The van der Waals surface area contributed by atoms with Crippen LogP contribution in [-0.2, 0) is 31.9 Å². The number of nitrogens with zero attached hydrogens (tertiary/aromatic N) is 15. The minimum atomic E-state index is -0.764. The summed E-state index contributed by atoms with van der Waals surface area (Å²) >= 11 is 4.09. The Morgan fingerprint density at radius 1 is 0.543 bits per heavy atom. The highest BCUT2D eigenvalue weighted by Crippen LogP contribution is 2.29. The van der Waals surface area contributed by atoms with Crippen LogP contribution in [0.2, 0.25) is 0 Å². The molecule has 0 saturated carbocycles. The molecule has 2 aromatic carbocycles. The Labute approximate surface area is 478 Å². The van der Waals surface area contributed by atoms with Crippen molar-refractivity contribution in [2.75, 3.05) is 89.9 Å². The molecule has 3 saturated heterocycles. The molecule has 0 amide bonds. The van der Waals surface area contributed by atoms with Crippen LogP contribution in [0.3, 0.4) is 0 Å². The summed E-state index contributed by atoms with van der Waals surface area (Å²) in [7, 11) is 2.92. The molecular weight excluding hydrogens is 1100 g/mol. The largest absolute Gasteiger partial charge is 0.374 e. The van der Waals surface area contributed by atoms with Gasteiger partial charge in [-0.25, -0.2) is 8.78 Å². The lowest BCUT2D eigenvalue weighted by Crippen LogP contribution is -2.26. The number of carbonyl (C=O) groups is 2. The van der Waals surface area contributed by atoms with Gasteiger partial charge in [0.1, 0.15) is 33.9 Å². The third-order valence-corrected chi connectivity index (χ3v) is 15.7. The number of carbonyl (C=O) groups excluding carboxylic acids is 2. The minimum absolute atomic E-state index is 0.102. The van der Waals surface area contributed by atoms with E-state index in [2.05, 4.69) is 97.9 Å². The third-order valence-electron chi connectivity index (χ3n) is 13.3. The normalized spacial score (nSPS) is 17.4. The zero-order valence-electron chi connectivity index (χ0n) is 45.1. The number of hydrogen-bond donors (Lipinski definition) is 4. The van der Waals surface area contributed by atoms with Gasteiger partial charge in [-0.3, -0.25) is 9.59 Å². The van der Waals surface area contributed by atoms with Crippen molar-refractivity contribution in [3.05, 3.63) is 135 Å². The summed E-state index contributed by atoms with van der Waals surface area (Å²) in [6.07, 6.45) is 6.84. The summed E-state index contributed by atoms with van der Waals surface area (Å²) in [6.45, 7) is 11.2. The first-order valence-electron chi connectivity index (χ1n) is 26.0. The topological polar surface area (TPSA) is 279 Å². The summed E-state index contributed by atoms with van der Waals surface area (Å²) in [6, 6.07) is 18.3. The molecule has 3 aliphatic rings. The van der Waals surface area contributed by atoms with Crippen LogP contribution in [0.5, 0.6) is 0 Å². The molecule has 5 atom stereocenters. The summed E-state index contributed by atoms with van der Waals surface area (Å²) < 4.78 is 37.0. The van der Waals surface area contributed by atoms with Gasteiger partial charge in [0.05, 0.1) is 31.4 Å². The highest BCUT2D eigenvalue weighted by atomic mass is 32.1. The van der Waals surface area contributed by atoms with Crippen LogP contribution >= 0.6 is 34.0 Å². The number of ketones is 2. The Morgan fingerprint density at radius 2 is 0.889 bits per heavy atom. The first-order valence-corrected chi connectivity index (χ1v) is 28.5. The standard InChI is InChI=1S/2C21H23FN6O2S.C11H15N7S/c2*1-13-9-18(25-23-11-13)28-8-7-16(12-28)24-21-27-26-19(31-21)10-17(29)20(30-2)14-3-5-15(22)6-4-14;1-7-4-9(15-13-5-7)18-3-2-8(6-18)14-11-17-16-10(12)19-11/h2*3-6,9,11,16,20H,7-8,10,12H2,1-2H3,(H,24,27);4-5,8H,2-3,6H2,1H3,(H2,12,16)(H,14,17)/t16-,20+;16-,20-;8-/m111/s1. The van der Waals surface area contributed by atoms with Crippen LogP contribution in [0.4, 0.5) is 46.8 Å². The van der Waals surface area contributed by atoms with E-state index in [1.54, 1.807) is 42.9 Å². The summed E-state index contributed by atoms with van der Waals surface area (Å²) in [5.74, 6) is 1.67. The van der Waals surface area contributed by atoms with Gasteiger partial charge in [0.25, 0.3) is 0 Å². The van der Waals surface area contributed by atoms with Crippen LogP contribution in [-0.4, -0.2) is 144 Å². The number of Topliss-reactive ketones (excluding diaryl/α,β-unsaturated/α-hetero) is 2. The van der Waals surface area contributed by atoms with Crippen molar-refractivity contribution in [2.45, 2.75) is 83.2 Å². The highest BCUT2D eigenvalue weighted by Gasteiger charge is 2.29. The molecule has 81 heavy (non-hydrogen) atoms. The van der Waals surface area contributed by atoms with E-state index in [1.807, 2.05) is 32.9 Å². The lowest BCUT2D eigenvalue weighted by molar-refractivity contribution is -0.129. The Morgan fingerprint density at radius 3 is 1.21 bits per heavy atom. The van der Waals surface area contributed by atoms with Gasteiger partial charge >= 0.3 is 0 Å². The maximum Gasteiger partial charge on any atom is 0.207 e. The van der Waals surface area contributed by atoms with Crippen LogP contribution in [0, 0.1) is 32.4 Å². The van der Waals surface area contributed by atoms with Gasteiger partial charge in [-0.2, -0.15) is 15.3 Å². The first kappa shape index (κ1) is 57.8. The van der Waals surface area contributed by atoms with Gasteiger partial charge in [-0.15, -0.1) is 45.9 Å². The monoisotopic (exact) mass is 1160 g/mol. The van der Waals surface area contributed by atoms with E-state index in [9.17, 15) is 18.4 Å². The predicted octanol–water partition coefficient (Wildman–Crippen LogP) is 6.84. The smallest absolute Gasteiger partial charge is 0.207 e. The molecule has 3 aliphatic heterocycles. The van der Waals surface area contributed by atoms with Crippen molar-refractivity contribution in [1.29, 1.82) is 0 Å². The number of benzene rings is 2. The number of hydrogen-bond acceptors (Lipinski definition) is 26. The molecule has 11 rings (SSSR count). The molecule has 0 aliphatic carbocycles. The Balaban J connectivity index is 0.000000151. The number of anilines is 7. The Kier molecular flexibility index (Phi) is 19.6. The van der Waals surface area contributed by atoms with Gasteiger partial charge in [-0.1, -0.05) is 58.3 Å². The molecular formula is C53H61F2N19O4S3. The summed E-state index contributed by atoms with van der Waals surface area (Å²) in [5.41, 5.74) is 10.1. The van der Waals surface area contributed by atoms with Crippen molar-refractivity contribution in [3.63, 3.8) is 0 Å². The molecule has 0 bridgehead atoms. The second-order valence-electron chi connectivity index (χ2n) is 19.6. The lowest BCUT2D eigenvalue weighted by Gasteiger charge is -2.17. The van der Waals surface area contributed by atoms with Crippen LogP contribution < -0.4 is 36.4 Å². The molecule has 28 heteroatoms. The minimum Gasteiger partial charge on any atom is -0.374 e. The molecule has 9 heterocycles. The van der Waals surface area contributed by atoms with Crippen LogP contribution in [0.25, 0.3) is 0 Å². The number of aryl methyl sites for hydroxylation is 3. The number of aromatic nitrogens is 12. The average Bonchev–Trinajstić information content (AvgIpc) is 4.41. The van der Waals surface area contributed by atoms with E-state index in [1.165, 1.54) is 72.5 Å². The molecule has 0 radical (unpaired) electrons.